The molecule has 0 radical (unpaired) electrons. The number of hydrogen-bond acceptors (Lipinski definition) is 1. The molecule has 0 aromatic carbocycles. The minimum atomic E-state index is -0.397. The molecule has 2 nitrogen and oxygen atoms in total. The van der Waals surface area contributed by atoms with Crippen LogP contribution >= 0.6 is 11.6 Å². The average molecular weight is 176 g/mol. The molecule has 1 rings (SSSR count). The molecule has 0 saturated heterocycles. The smallest absolute Gasteiger partial charge is 0.237 e. The molecule has 11 heavy (non-hydrogen) atoms. The summed E-state index contributed by atoms with van der Waals surface area (Å²) >= 11 is 5.58. The Morgan fingerprint density at radius 2 is 2.18 bits per heavy atom. The molecule has 0 spiro atoms. The van der Waals surface area contributed by atoms with Crippen LogP contribution in [0.4, 0.5) is 0 Å². The maximum absolute atomic E-state index is 11.0. The van der Waals surface area contributed by atoms with Crippen LogP contribution in [0.25, 0.3) is 0 Å². The molecule has 1 aliphatic rings. The molecule has 64 valence electrons. The van der Waals surface area contributed by atoms with Crippen molar-refractivity contribution in [2.75, 3.05) is 0 Å². The Hall–Kier alpha value is -0.240. The van der Waals surface area contributed by atoms with Crippen LogP contribution in [-0.4, -0.2) is 17.3 Å². The molecule has 0 heterocycles. The number of nitrogens with one attached hydrogen (secondary N) is 1. The van der Waals surface area contributed by atoms with Gasteiger partial charge in [-0.1, -0.05) is 6.92 Å². The zero-order valence-electron chi connectivity index (χ0n) is 6.93. The second kappa shape index (κ2) is 3.44. The van der Waals surface area contributed by atoms with E-state index in [1.165, 1.54) is 0 Å². The topological polar surface area (TPSA) is 29.1 Å². The summed E-state index contributed by atoms with van der Waals surface area (Å²) in [6.45, 7) is 3.88. The third-order valence-corrected chi connectivity index (χ3v) is 2.28. The quantitative estimate of drug-likeness (QED) is 0.634. The molecule has 0 bridgehead atoms. The van der Waals surface area contributed by atoms with E-state index < -0.39 is 5.38 Å². The lowest BCUT2D eigenvalue weighted by Gasteiger charge is -2.33. The van der Waals surface area contributed by atoms with Gasteiger partial charge < -0.3 is 5.32 Å². The van der Waals surface area contributed by atoms with Crippen molar-refractivity contribution in [3.63, 3.8) is 0 Å². The van der Waals surface area contributed by atoms with E-state index in [1.807, 2.05) is 0 Å². The van der Waals surface area contributed by atoms with Gasteiger partial charge in [0.2, 0.25) is 5.91 Å². The van der Waals surface area contributed by atoms with Crippen molar-refractivity contribution in [2.45, 2.75) is 38.1 Å². The average Bonchev–Trinajstić information content (AvgIpc) is 1.84. The second-order valence-corrected chi connectivity index (χ2v) is 4.05. The monoisotopic (exact) mass is 175 g/mol. The molecule has 1 saturated carbocycles. The summed E-state index contributed by atoms with van der Waals surface area (Å²) in [5.74, 6) is 0.731. The van der Waals surface area contributed by atoms with Crippen LogP contribution in [-0.2, 0) is 4.79 Å². The zero-order valence-corrected chi connectivity index (χ0v) is 7.69. The molecule has 3 heteroatoms. The van der Waals surface area contributed by atoms with Gasteiger partial charge in [0.15, 0.2) is 0 Å². The van der Waals surface area contributed by atoms with Gasteiger partial charge in [-0.15, -0.1) is 11.6 Å². The van der Waals surface area contributed by atoms with Crippen molar-refractivity contribution in [2.24, 2.45) is 5.92 Å². The lowest BCUT2D eigenvalue weighted by atomic mass is 9.82. The van der Waals surface area contributed by atoms with Crippen LogP contribution in [0.5, 0.6) is 0 Å². The molecule has 1 N–H and O–H groups in total. The number of carbonyl (C=O) groups excluding carboxylic acids is 1. The van der Waals surface area contributed by atoms with Gasteiger partial charge in [0.05, 0.1) is 0 Å². The SMILES string of the molecule is CC1CC(NC(=O)C(C)Cl)C1. The molecular formula is C8H14ClNO. The van der Waals surface area contributed by atoms with Gasteiger partial charge >= 0.3 is 0 Å². The van der Waals surface area contributed by atoms with Gasteiger partial charge in [-0.25, -0.2) is 0 Å². The highest BCUT2D eigenvalue weighted by Gasteiger charge is 2.27. The summed E-state index contributed by atoms with van der Waals surface area (Å²) < 4.78 is 0. The molecule has 0 aromatic rings. The van der Waals surface area contributed by atoms with Crippen LogP contribution in [0.15, 0.2) is 0 Å². The molecule has 0 aromatic heterocycles. The minimum absolute atomic E-state index is 0.0384. The summed E-state index contributed by atoms with van der Waals surface area (Å²) in [6.07, 6.45) is 2.21. The van der Waals surface area contributed by atoms with Crippen molar-refractivity contribution in [1.82, 2.24) is 5.32 Å². The van der Waals surface area contributed by atoms with E-state index in [0.717, 1.165) is 18.8 Å². The second-order valence-electron chi connectivity index (χ2n) is 3.40. The largest absolute Gasteiger partial charge is 0.352 e. The highest BCUT2D eigenvalue weighted by atomic mass is 35.5. The van der Waals surface area contributed by atoms with Gasteiger partial charge in [0.25, 0.3) is 0 Å². The van der Waals surface area contributed by atoms with Crippen LogP contribution in [0, 0.1) is 5.92 Å². The van der Waals surface area contributed by atoms with Crippen molar-refractivity contribution in [3.8, 4) is 0 Å². The van der Waals surface area contributed by atoms with Gasteiger partial charge in [-0.3, -0.25) is 4.79 Å². The van der Waals surface area contributed by atoms with E-state index in [4.69, 9.17) is 11.6 Å². The molecule has 1 atom stereocenters. The summed E-state index contributed by atoms with van der Waals surface area (Å²) in [6, 6.07) is 0.388. The van der Waals surface area contributed by atoms with E-state index >= 15 is 0 Å². The third kappa shape index (κ3) is 2.37. The number of carbonyl (C=O) groups is 1. The van der Waals surface area contributed by atoms with Crippen LogP contribution in [0.3, 0.4) is 0 Å². The van der Waals surface area contributed by atoms with E-state index in [2.05, 4.69) is 12.2 Å². The van der Waals surface area contributed by atoms with E-state index in [-0.39, 0.29) is 5.91 Å². The Balaban J connectivity index is 2.17. The zero-order chi connectivity index (χ0) is 8.43. The minimum Gasteiger partial charge on any atom is -0.352 e. The predicted molar refractivity (Wildman–Crippen MR) is 45.6 cm³/mol. The van der Waals surface area contributed by atoms with Crippen LogP contribution < -0.4 is 5.32 Å². The Morgan fingerprint density at radius 1 is 1.64 bits per heavy atom. The standard InChI is InChI=1S/C8H14ClNO/c1-5-3-7(4-5)10-8(11)6(2)9/h5-7H,3-4H2,1-2H3,(H,10,11). The first-order valence-corrected chi connectivity index (χ1v) is 4.47. The lowest BCUT2D eigenvalue weighted by molar-refractivity contribution is -0.121. The van der Waals surface area contributed by atoms with Crippen LogP contribution in [0.1, 0.15) is 26.7 Å². The number of halogens is 1. The molecule has 1 fully saturated rings. The van der Waals surface area contributed by atoms with Crippen molar-refractivity contribution < 1.29 is 4.79 Å². The molecular weight excluding hydrogens is 162 g/mol. The number of hydrogen-bond donors (Lipinski definition) is 1. The molecule has 1 unspecified atom stereocenters. The first kappa shape index (κ1) is 8.85. The lowest BCUT2D eigenvalue weighted by Crippen LogP contribution is -2.45. The van der Waals surface area contributed by atoms with E-state index in [9.17, 15) is 4.79 Å². The number of rotatable bonds is 2. The van der Waals surface area contributed by atoms with Crippen molar-refractivity contribution >= 4 is 17.5 Å². The highest BCUT2D eigenvalue weighted by molar-refractivity contribution is 6.30. The van der Waals surface area contributed by atoms with Gasteiger partial charge in [0, 0.05) is 6.04 Å². The number of alkyl halides is 1. The maximum atomic E-state index is 11.0. The van der Waals surface area contributed by atoms with Gasteiger partial charge in [0.1, 0.15) is 5.38 Å². The predicted octanol–water partition coefficient (Wildman–Crippen LogP) is 1.53. The van der Waals surface area contributed by atoms with Crippen molar-refractivity contribution in [1.29, 1.82) is 0 Å². The summed E-state index contributed by atoms with van der Waals surface area (Å²) in [5.41, 5.74) is 0. The van der Waals surface area contributed by atoms with Gasteiger partial charge in [-0.2, -0.15) is 0 Å². The van der Waals surface area contributed by atoms with Gasteiger partial charge in [-0.05, 0) is 25.7 Å². The fourth-order valence-corrected chi connectivity index (χ4v) is 1.40. The number of amides is 1. The third-order valence-electron chi connectivity index (χ3n) is 2.08. The van der Waals surface area contributed by atoms with Crippen molar-refractivity contribution in [3.05, 3.63) is 0 Å². The Morgan fingerprint density at radius 3 is 2.55 bits per heavy atom. The summed E-state index contributed by atoms with van der Waals surface area (Å²) in [4.78, 5) is 11.0. The molecule has 1 amide bonds. The first-order chi connectivity index (χ1) is 5.09. The Kier molecular flexibility index (Phi) is 2.77. The van der Waals surface area contributed by atoms with E-state index in [1.54, 1.807) is 6.92 Å². The molecule has 1 aliphatic carbocycles. The highest BCUT2D eigenvalue weighted by Crippen LogP contribution is 2.26. The molecule has 0 aliphatic heterocycles. The summed E-state index contributed by atoms with van der Waals surface area (Å²) in [5, 5.41) is 2.48. The fourth-order valence-electron chi connectivity index (χ4n) is 1.34. The fraction of sp³-hybridized carbons (Fsp3) is 0.875. The first-order valence-electron chi connectivity index (χ1n) is 4.04. The Bertz CT molecular complexity index is 152. The maximum Gasteiger partial charge on any atom is 0.237 e. The normalized spacial score (nSPS) is 32.3. The summed E-state index contributed by atoms with van der Waals surface area (Å²) in [7, 11) is 0. The Labute approximate surface area is 72.3 Å². The van der Waals surface area contributed by atoms with Crippen LogP contribution in [0.2, 0.25) is 0 Å². The van der Waals surface area contributed by atoms with E-state index in [0.29, 0.717) is 6.04 Å².